The maximum absolute atomic E-state index is 12.1. The summed E-state index contributed by atoms with van der Waals surface area (Å²) in [5.74, 6) is 0.801. The van der Waals surface area contributed by atoms with Gasteiger partial charge in [-0.1, -0.05) is 19.1 Å². The largest absolute Gasteiger partial charge is 0.392 e. The Kier molecular flexibility index (Phi) is 2.26. The Morgan fingerprint density at radius 3 is 2.57 bits per heavy atom. The molecule has 0 aromatic rings. The molecule has 14 heavy (non-hydrogen) atoms. The number of rotatable bonds is 2. The molecule has 2 N–H and O–H groups in total. The van der Waals surface area contributed by atoms with E-state index in [0.717, 1.165) is 32.4 Å². The first kappa shape index (κ1) is 9.90. The van der Waals surface area contributed by atoms with Gasteiger partial charge in [-0.2, -0.15) is 0 Å². The Hall–Kier alpha value is -0.640. The van der Waals surface area contributed by atoms with Crippen LogP contribution in [0.3, 0.4) is 0 Å². The molecule has 0 radical (unpaired) electrons. The summed E-state index contributed by atoms with van der Waals surface area (Å²) in [6.45, 7) is 3.93. The average molecular weight is 212 g/mol. The summed E-state index contributed by atoms with van der Waals surface area (Å²) < 4.78 is 0. The third-order valence-corrected chi connectivity index (χ3v) is 3.73. The van der Waals surface area contributed by atoms with E-state index in [1.54, 1.807) is 0 Å². The zero-order chi connectivity index (χ0) is 10.3. The molecule has 2 rings (SSSR count). The van der Waals surface area contributed by atoms with Crippen molar-refractivity contribution in [2.24, 2.45) is 17.1 Å². The molecule has 3 nitrogen and oxygen atoms in total. The molecule has 1 heterocycles. The van der Waals surface area contributed by atoms with Crippen LogP contribution in [0.2, 0.25) is 0 Å². The number of hydrogen-bond acceptors (Lipinski definition) is 2. The SMILES string of the molecule is CC1CCN(C(=O)C2(C(N)=S)CC2)C1. The number of thiocarbonyl (C=S) groups is 1. The Morgan fingerprint density at radius 2 is 2.21 bits per heavy atom. The molecule has 1 saturated heterocycles. The van der Waals surface area contributed by atoms with Gasteiger partial charge in [0.15, 0.2) is 0 Å². The number of carbonyl (C=O) groups is 1. The van der Waals surface area contributed by atoms with Crippen molar-refractivity contribution in [2.75, 3.05) is 13.1 Å². The van der Waals surface area contributed by atoms with Gasteiger partial charge in [0.2, 0.25) is 5.91 Å². The molecule has 1 aliphatic carbocycles. The van der Waals surface area contributed by atoms with Gasteiger partial charge in [-0.25, -0.2) is 0 Å². The van der Waals surface area contributed by atoms with Gasteiger partial charge in [-0.15, -0.1) is 0 Å². The number of amides is 1. The molecule has 0 spiro atoms. The fourth-order valence-corrected chi connectivity index (χ4v) is 2.40. The molecule has 4 heteroatoms. The van der Waals surface area contributed by atoms with Gasteiger partial charge in [0, 0.05) is 13.1 Å². The van der Waals surface area contributed by atoms with E-state index in [1.165, 1.54) is 0 Å². The molecule has 1 aliphatic heterocycles. The highest BCUT2D eigenvalue weighted by Crippen LogP contribution is 2.48. The highest BCUT2D eigenvalue weighted by Gasteiger charge is 2.54. The van der Waals surface area contributed by atoms with Crippen molar-refractivity contribution >= 4 is 23.1 Å². The normalized spacial score (nSPS) is 28.9. The van der Waals surface area contributed by atoms with Crippen LogP contribution in [0.5, 0.6) is 0 Å². The Morgan fingerprint density at radius 1 is 1.57 bits per heavy atom. The summed E-state index contributed by atoms with van der Waals surface area (Å²) in [7, 11) is 0. The number of nitrogens with two attached hydrogens (primary N) is 1. The van der Waals surface area contributed by atoms with Gasteiger partial charge < -0.3 is 10.6 Å². The maximum Gasteiger partial charge on any atom is 0.235 e. The lowest BCUT2D eigenvalue weighted by molar-refractivity contribution is -0.133. The molecule has 1 atom stereocenters. The van der Waals surface area contributed by atoms with E-state index in [0.29, 0.717) is 10.9 Å². The summed E-state index contributed by atoms with van der Waals surface area (Å²) in [4.78, 5) is 14.4. The fourth-order valence-electron chi connectivity index (χ4n) is 2.11. The van der Waals surface area contributed by atoms with Crippen molar-refractivity contribution in [3.8, 4) is 0 Å². The standard InChI is InChI=1S/C10H16N2OS/c1-7-2-5-12(6-7)9(13)10(3-4-10)8(11)14/h7H,2-6H2,1H3,(H2,11,14). The van der Waals surface area contributed by atoms with E-state index in [9.17, 15) is 4.79 Å². The number of carbonyl (C=O) groups excluding carboxylic acids is 1. The molecular weight excluding hydrogens is 196 g/mol. The predicted octanol–water partition coefficient (Wildman–Crippen LogP) is 0.921. The van der Waals surface area contributed by atoms with Gasteiger partial charge in [-0.3, -0.25) is 4.79 Å². The second kappa shape index (κ2) is 3.19. The second-order valence-corrected chi connectivity index (χ2v) is 5.03. The summed E-state index contributed by atoms with van der Waals surface area (Å²) in [5.41, 5.74) is 5.17. The van der Waals surface area contributed by atoms with Crippen LogP contribution < -0.4 is 5.73 Å². The average Bonchev–Trinajstić information content (AvgIpc) is 2.84. The van der Waals surface area contributed by atoms with E-state index < -0.39 is 5.41 Å². The van der Waals surface area contributed by atoms with Crippen LogP contribution in [-0.2, 0) is 4.79 Å². The highest BCUT2D eigenvalue weighted by atomic mass is 32.1. The van der Waals surface area contributed by atoms with Crippen molar-refractivity contribution in [3.05, 3.63) is 0 Å². The number of likely N-dealkylation sites (tertiary alicyclic amines) is 1. The second-order valence-electron chi connectivity index (χ2n) is 4.59. The quantitative estimate of drug-likeness (QED) is 0.692. The van der Waals surface area contributed by atoms with Crippen LogP contribution >= 0.6 is 12.2 Å². The van der Waals surface area contributed by atoms with Gasteiger partial charge in [-0.05, 0) is 25.2 Å². The van der Waals surface area contributed by atoms with E-state index in [-0.39, 0.29) is 5.91 Å². The van der Waals surface area contributed by atoms with Crippen LogP contribution in [0.4, 0.5) is 0 Å². The monoisotopic (exact) mass is 212 g/mol. The summed E-state index contributed by atoms with van der Waals surface area (Å²) >= 11 is 4.97. The minimum atomic E-state index is -0.445. The third-order valence-electron chi connectivity index (χ3n) is 3.34. The summed E-state index contributed by atoms with van der Waals surface area (Å²) in [6, 6.07) is 0. The van der Waals surface area contributed by atoms with Gasteiger partial charge in [0.25, 0.3) is 0 Å². The molecular formula is C10H16N2OS. The van der Waals surface area contributed by atoms with Gasteiger partial charge in [0.1, 0.15) is 0 Å². The predicted molar refractivity (Wildman–Crippen MR) is 58.8 cm³/mol. The van der Waals surface area contributed by atoms with Crippen LogP contribution in [0, 0.1) is 11.3 Å². The molecule has 1 saturated carbocycles. The fraction of sp³-hybridized carbons (Fsp3) is 0.800. The Bertz CT molecular complexity index is 286. The lowest BCUT2D eigenvalue weighted by Crippen LogP contribution is -2.41. The zero-order valence-corrected chi connectivity index (χ0v) is 9.27. The van der Waals surface area contributed by atoms with Crippen molar-refractivity contribution < 1.29 is 4.79 Å². The molecule has 2 aliphatic rings. The Labute approximate surface area is 89.6 Å². The lowest BCUT2D eigenvalue weighted by atomic mass is 10.1. The molecule has 1 unspecified atom stereocenters. The van der Waals surface area contributed by atoms with E-state index in [2.05, 4.69) is 6.92 Å². The molecule has 0 aromatic heterocycles. The Balaban J connectivity index is 2.06. The highest BCUT2D eigenvalue weighted by molar-refractivity contribution is 7.80. The van der Waals surface area contributed by atoms with E-state index >= 15 is 0 Å². The minimum absolute atomic E-state index is 0.175. The third kappa shape index (κ3) is 1.41. The first-order chi connectivity index (χ1) is 6.56. The van der Waals surface area contributed by atoms with Crippen molar-refractivity contribution in [1.82, 2.24) is 4.90 Å². The summed E-state index contributed by atoms with van der Waals surface area (Å²) in [6.07, 6.45) is 2.82. The molecule has 0 aromatic carbocycles. The van der Waals surface area contributed by atoms with Crippen molar-refractivity contribution in [1.29, 1.82) is 0 Å². The van der Waals surface area contributed by atoms with E-state index in [4.69, 9.17) is 18.0 Å². The van der Waals surface area contributed by atoms with Crippen molar-refractivity contribution in [2.45, 2.75) is 26.2 Å². The lowest BCUT2D eigenvalue weighted by Gasteiger charge is -2.22. The number of nitrogens with zero attached hydrogens (tertiary/aromatic N) is 1. The van der Waals surface area contributed by atoms with E-state index in [1.807, 2.05) is 4.90 Å². The molecule has 2 fully saturated rings. The molecule has 0 bridgehead atoms. The zero-order valence-electron chi connectivity index (χ0n) is 8.45. The molecule has 78 valence electrons. The topological polar surface area (TPSA) is 46.3 Å². The smallest absolute Gasteiger partial charge is 0.235 e. The van der Waals surface area contributed by atoms with Crippen LogP contribution in [-0.4, -0.2) is 28.9 Å². The van der Waals surface area contributed by atoms with Crippen LogP contribution in [0.15, 0.2) is 0 Å². The maximum atomic E-state index is 12.1. The number of hydrogen-bond donors (Lipinski definition) is 1. The summed E-state index contributed by atoms with van der Waals surface area (Å²) in [5, 5.41) is 0. The van der Waals surface area contributed by atoms with Gasteiger partial charge >= 0.3 is 0 Å². The van der Waals surface area contributed by atoms with Crippen molar-refractivity contribution in [3.63, 3.8) is 0 Å². The molecule has 1 amide bonds. The van der Waals surface area contributed by atoms with Gasteiger partial charge in [0.05, 0.1) is 10.4 Å². The first-order valence-electron chi connectivity index (χ1n) is 5.15. The first-order valence-corrected chi connectivity index (χ1v) is 5.56. The minimum Gasteiger partial charge on any atom is -0.392 e. The van der Waals surface area contributed by atoms with Crippen LogP contribution in [0.25, 0.3) is 0 Å². The van der Waals surface area contributed by atoms with Crippen LogP contribution in [0.1, 0.15) is 26.2 Å².